The molecule has 0 radical (unpaired) electrons. The molecule has 5 atom stereocenters. The van der Waals surface area contributed by atoms with E-state index in [1.54, 1.807) is 0 Å². The number of halogens is 1. The van der Waals surface area contributed by atoms with E-state index in [-0.39, 0.29) is 0 Å². The van der Waals surface area contributed by atoms with Crippen LogP contribution in [0.15, 0.2) is 0 Å². The van der Waals surface area contributed by atoms with Gasteiger partial charge >= 0.3 is 11.9 Å². The number of aliphatic hydroxyl groups excluding tert-OH is 1. The van der Waals surface area contributed by atoms with Gasteiger partial charge in [0.05, 0.1) is 0 Å². The summed E-state index contributed by atoms with van der Waals surface area (Å²) in [6, 6.07) is -1.39. The van der Waals surface area contributed by atoms with Gasteiger partial charge in [0.1, 0.15) is 18.8 Å². The van der Waals surface area contributed by atoms with Crippen LogP contribution >= 0.6 is 0 Å². The fraction of sp³-hybridized carbons (Fsp3) is 0.750. The van der Waals surface area contributed by atoms with Crippen molar-refractivity contribution in [2.75, 3.05) is 6.61 Å². The van der Waals surface area contributed by atoms with Crippen LogP contribution in [-0.4, -0.2) is 60.3 Å². The van der Waals surface area contributed by atoms with E-state index in [1.165, 1.54) is 0 Å². The molecule has 1 heterocycles. The van der Waals surface area contributed by atoms with Crippen molar-refractivity contribution >= 4 is 17.8 Å². The molecule has 120 valence electrons. The third-order valence-corrected chi connectivity index (χ3v) is 2.77. The summed E-state index contributed by atoms with van der Waals surface area (Å²) >= 11 is 0. The van der Waals surface area contributed by atoms with Gasteiger partial charge in [-0.2, -0.15) is 0 Å². The Kier molecular flexibility index (Phi) is 6.03. The van der Waals surface area contributed by atoms with Crippen molar-refractivity contribution in [3.05, 3.63) is 0 Å². The van der Waals surface area contributed by atoms with E-state index in [4.69, 9.17) is 9.47 Å². The molecule has 1 saturated heterocycles. The molecular weight excluding hydrogens is 289 g/mol. The van der Waals surface area contributed by atoms with Gasteiger partial charge in [-0.05, 0) is 0 Å². The summed E-state index contributed by atoms with van der Waals surface area (Å²) in [5.41, 5.74) is 0. The van der Waals surface area contributed by atoms with Gasteiger partial charge in [-0.25, -0.2) is 4.39 Å². The minimum atomic E-state index is -1.91. The van der Waals surface area contributed by atoms with Crippen molar-refractivity contribution in [1.29, 1.82) is 0 Å². The Morgan fingerprint density at radius 3 is 2.33 bits per heavy atom. The standard InChI is InChI=1S/C12H18FNO7/c1-5(15)14-10-9(13)11(20-7(3)17)8(21-12(10)18)4-19-6(2)16/h8-12,18H,4H2,1-3H3,(H,14,15)/t8-,9+,10+,11-,12+/m1/s1. The summed E-state index contributed by atoms with van der Waals surface area (Å²) in [6.45, 7) is 2.98. The Bertz CT molecular complexity index is 414. The predicted molar refractivity (Wildman–Crippen MR) is 65.6 cm³/mol. The molecule has 0 unspecified atom stereocenters. The zero-order valence-corrected chi connectivity index (χ0v) is 11.9. The first-order valence-electron chi connectivity index (χ1n) is 6.27. The molecule has 1 amide bonds. The lowest BCUT2D eigenvalue weighted by atomic mass is 9.98. The molecule has 0 aromatic heterocycles. The number of esters is 2. The molecule has 1 aliphatic heterocycles. The molecule has 0 aliphatic carbocycles. The van der Waals surface area contributed by atoms with Crippen LogP contribution in [0.2, 0.25) is 0 Å². The van der Waals surface area contributed by atoms with Gasteiger partial charge in [-0.1, -0.05) is 0 Å². The van der Waals surface area contributed by atoms with E-state index >= 15 is 0 Å². The summed E-state index contributed by atoms with van der Waals surface area (Å²) in [5, 5.41) is 11.9. The van der Waals surface area contributed by atoms with E-state index < -0.39 is 55.2 Å². The van der Waals surface area contributed by atoms with E-state index in [1.807, 2.05) is 0 Å². The maximum atomic E-state index is 14.4. The molecule has 1 fully saturated rings. The molecular formula is C12H18FNO7. The normalized spacial score (nSPS) is 32.1. The quantitative estimate of drug-likeness (QED) is 0.643. The SMILES string of the molecule is CC(=O)N[C@H]1[C@H](F)[C@H](OC(C)=O)[C@@H](COC(C)=O)O[C@@H]1O. The second-order valence-electron chi connectivity index (χ2n) is 4.61. The third-order valence-electron chi connectivity index (χ3n) is 2.77. The number of ether oxygens (including phenoxy) is 3. The number of hydrogen-bond acceptors (Lipinski definition) is 7. The number of alkyl halides is 1. The molecule has 0 saturated carbocycles. The molecule has 8 nitrogen and oxygen atoms in total. The highest BCUT2D eigenvalue weighted by Gasteiger charge is 2.48. The second-order valence-corrected chi connectivity index (χ2v) is 4.61. The van der Waals surface area contributed by atoms with Crippen LogP contribution in [-0.2, 0) is 28.6 Å². The molecule has 0 aromatic carbocycles. The second kappa shape index (κ2) is 7.32. The highest BCUT2D eigenvalue weighted by atomic mass is 19.1. The number of rotatable bonds is 4. The van der Waals surface area contributed by atoms with Gasteiger partial charge in [0.15, 0.2) is 18.6 Å². The Labute approximate surface area is 120 Å². The van der Waals surface area contributed by atoms with Crippen molar-refractivity contribution < 1.29 is 38.1 Å². The van der Waals surface area contributed by atoms with Crippen molar-refractivity contribution in [2.45, 2.75) is 51.5 Å². The first-order valence-corrected chi connectivity index (χ1v) is 6.27. The van der Waals surface area contributed by atoms with E-state index in [0.29, 0.717) is 0 Å². The first-order chi connectivity index (χ1) is 9.72. The number of hydrogen-bond donors (Lipinski definition) is 2. The number of amides is 1. The topological polar surface area (TPSA) is 111 Å². The average molecular weight is 307 g/mol. The molecule has 21 heavy (non-hydrogen) atoms. The fourth-order valence-electron chi connectivity index (χ4n) is 1.96. The van der Waals surface area contributed by atoms with E-state index in [9.17, 15) is 23.9 Å². The Balaban J connectivity index is 2.86. The predicted octanol–water partition coefficient (Wildman–Crippen LogP) is -0.959. The highest BCUT2D eigenvalue weighted by Crippen LogP contribution is 2.25. The van der Waals surface area contributed by atoms with Crippen LogP contribution in [0, 0.1) is 0 Å². The summed E-state index contributed by atoms with van der Waals surface area (Å²) < 4.78 is 29.0. The van der Waals surface area contributed by atoms with Crippen molar-refractivity contribution in [2.24, 2.45) is 0 Å². The zero-order valence-electron chi connectivity index (χ0n) is 11.9. The molecule has 0 aromatic rings. The van der Waals surface area contributed by atoms with Crippen LogP contribution in [0.1, 0.15) is 20.8 Å². The van der Waals surface area contributed by atoms with Gasteiger partial charge in [0, 0.05) is 20.8 Å². The minimum absolute atomic E-state index is 0.391. The van der Waals surface area contributed by atoms with E-state index in [2.05, 4.69) is 10.1 Å². The molecule has 2 N–H and O–H groups in total. The molecule has 0 bridgehead atoms. The lowest BCUT2D eigenvalue weighted by Crippen LogP contribution is -2.63. The molecule has 9 heteroatoms. The Morgan fingerprint density at radius 2 is 1.86 bits per heavy atom. The molecule has 1 rings (SSSR count). The van der Waals surface area contributed by atoms with Gasteiger partial charge in [-0.3, -0.25) is 14.4 Å². The summed E-state index contributed by atoms with van der Waals surface area (Å²) in [5.74, 6) is -1.98. The van der Waals surface area contributed by atoms with Crippen LogP contribution in [0.3, 0.4) is 0 Å². The number of carbonyl (C=O) groups is 3. The van der Waals surface area contributed by atoms with Crippen molar-refractivity contribution in [1.82, 2.24) is 5.32 Å². The van der Waals surface area contributed by atoms with Crippen LogP contribution in [0.25, 0.3) is 0 Å². The highest BCUT2D eigenvalue weighted by molar-refractivity contribution is 5.73. The summed E-state index contributed by atoms with van der Waals surface area (Å²) in [6.07, 6.45) is -6.16. The lowest BCUT2D eigenvalue weighted by molar-refractivity contribution is -0.250. The smallest absolute Gasteiger partial charge is 0.303 e. The lowest BCUT2D eigenvalue weighted by Gasteiger charge is -2.40. The summed E-state index contributed by atoms with van der Waals surface area (Å²) in [7, 11) is 0. The molecule has 0 spiro atoms. The monoisotopic (exact) mass is 307 g/mol. The van der Waals surface area contributed by atoms with Gasteiger partial charge in [0.2, 0.25) is 5.91 Å². The van der Waals surface area contributed by atoms with Crippen molar-refractivity contribution in [3.63, 3.8) is 0 Å². The Morgan fingerprint density at radius 1 is 1.24 bits per heavy atom. The fourth-order valence-corrected chi connectivity index (χ4v) is 1.96. The van der Waals surface area contributed by atoms with Gasteiger partial charge in [0.25, 0.3) is 0 Å². The third kappa shape index (κ3) is 4.94. The number of nitrogens with one attached hydrogen (secondary N) is 1. The minimum Gasteiger partial charge on any atom is -0.463 e. The van der Waals surface area contributed by atoms with Gasteiger partial charge < -0.3 is 24.6 Å². The molecule has 1 aliphatic rings. The maximum Gasteiger partial charge on any atom is 0.303 e. The van der Waals surface area contributed by atoms with Crippen LogP contribution < -0.4 is 5.32 Å². The van der Waals surface area contributed by atoms with Crippen molar-refractivity contribution in [3.8, 4) is 0 Å². The largest absolute Gasteiger partial charge is 0.463 e. The van der Waals surface area contributed by atoms with Crippen LogP contribution in [0.5, 0.6) is 0 Å². The number of carbonyl (C=O) groups excluding carboxylic acids is 3. The van der Waals surface area contributed by atoms with E-state index in [0.717, 1.165) is 20.8 Å². The zero-order chi connectivity index (χ0) is 16.2. The van der Waals surface area contributed by atoms with Crippen LogP contribution in [0.4, 0.5) is 4.39 Å². The number of aliphatic hydroxyl groups is 1. The first kappa shape index (κ1) is 17.3. The Hall–Kier alpha value is -1.74. The van der Waals surface area contributed by atoms with Gasteiger partial charge in [-0.15, -0.1) is 0 Å². The maximum absolute atomic E-state index is 14.4. The summed E-state index contributed by atoms with van der Waals surface area (Å²) in [4.78, 5) is 32.8. The average Bonchev–Trinajstić information content (AvgIpc) is 2.35.